The lowest BCUT2D eigenvalue weighted by molar-refractivity contribution is 0.266. The van der Waals surface area contributed by atoms with Gasteiger partial charge in [0.2, 0.25) is 0 Å². The highest BCUT2D eigenvalue weighted by molar-refractivity contribution is 7.87. The summed E-state index contributed by atoms with van der Waals surface area (Å²) in [7, 11) is -3.52. The third-order valence-electron chi connectivity index (χ3n) is 5.45. The van der Waals surface area contributed by atoms with Gasteiger partial charge in [-0.3, -0.25) is 0 Å². The molecule has 2 heterocycles. The lowest BCUT2D eigenvalue weighted by atomic mass is 9.74. The van der Waals surface area contributed by atoms with Gasteiger partial charge < -0.3 is 0 Å². The zero-order chi connectivity index (χ0) is 19.2. The number of hydrogen-bond donors (Lipinski definition) is 1. The monoisotopic (exact) mass is 392 g/mol. The third-order valence-corrected chi connectivity index (χ3v) is 7.07. The van der Waals surface area contributed by atoms with Gasteiger partial charge in [0.25, 0.3) is 10.2 Å². The van der Waals surface area contributed by atoms with E-state index in [1.54, 1.807) is 23.0 Å². The second-order valence-corrected chi connectivity index (χ2v) is 9.96. The summed E-state index contributed by atoms with van der Waals surface area (Å²) >= 11 is 0. The Morgan fingerprint density at radius 2 is 1.85 bits per heavy atom. The number of hydrogen-bond acceptors (Lipinski definition) is 3. The second kappa shape index (κ2) is 6.68. The molecule has 0 bridgehead atoms. The van der Waals surface area contributed by atoms with Gasteiger partial charge in [0, 0.05) is 24.3 Å². The first-order valence-corrected chi connectivity index (χ1v) is 10.8. The van der Waals surface area contributed by atoms with Gasteiger partial charge in [-0.15, -0.1) is 0 Å². The molecule has 0 radical (unpaired) electrons. The molecule has 0 spiro atoms. The summed E-state index contributed by atoms with van der Waals surface area (Å²) in [5.74, 6) is -0.295. The number of benzene rings is 1. The van der Waals surface area contributed by atoms with Crippen LogP contribution in [0.2, 0.25) is 0 Å². The number of nitrogens with zero attached hydrogens (tertiary/aromatic N) is 3. The van der Waals surface area contributed by atoms with Gasteiger partial charge in [-0.2, -0.15) is 22.5 Å². The Morgan fingerprint density at radius 1 is 1.19 bits per heavy atom. The Bertz CT molecular complexity index is 931. The predicted molar refractivity (Wildman–Crippen MR) is 101 cm³/mol. The van der Waals surface area contributed by atoms with Gasteiger partial charge in [-0.25, -0.2) is 9.07 Å². The van der Waals surface area contributed by atoms with E-state index in [0.717, 1.165) is 36.2 Å². The molecule has 1 saturated heterocycles. The molecule has 4 rings (SSSR count). The third kappa shape index (κ3) is 3.66. The number of nitrogens with one attached hydrogen (secondary N) is 1. The SMILES string of the molecule is CC1(C)Cc2c(cnn2-c2ccc(F)cc2)[C@@H](NS(=O)(=O)N2CCCC2)C1. The van der Waals surface area contributed by atoms with Crippen LogP contribution in [0, 0.1) is 11.2 Å². The maximum absolute atomic E-state index is 13.3. The summed E-state index contributed by atoms with van der Waals surface area (Å²) in [5, 5.41) is 4.49. The summed E-state index contributed by atoms with van der Waals surface area (Å²) in [6.45, 7) is 5.42. The highest BCUT2D eigenvalue weighted by Gasteiger charge is 2.38. The molecular weight excluding hydrogens is 367 g/mol. The van der Waals surface area contributed by atoms with E-state index in [1.807, 2.05) is 0 Å². The van der Waals surface area contributed by atoms with Crippen LogP contribution >= 0.6 is 0 Å². The Labute approximate surface area is 159 Å². The molecule has 1 N–H and O–H groups in total. The molecule has 1 aliphatic carbocycles. The minimum atomic E-state index is -3.52. The number of halogens is 1. The normalized spacial score (nSPS) is 22.7. The van der Waals surface area contributed by atoms with Gasteiger partial charge in [0.1, 0.15) is 5.82 Å². The van der Waals surface area contributed by atoms with Crippen molar-refractivity contribution in [3.8, 4) is 5.69 Å². The summed E-state index contributed by atoms with van der Waals surface area (Å²) in [4.78, 5) is 0. The molecule has 1 aromatic carbocycles. The Morgan fingerprint density at radius 3 is 2.52 bits per heavy atom. The first-order valence-electron chi connectivity index (χ1n) is 9.35. The minimum Gasteiger partial charge on any atom is -0.237 e. The van der Waals surface area contributed by atoms with E-state index >= 15 is 0 Å². The molecular formula is C19H25FN4O2S. The zero-order valence-corrected chi connectivity index (χ0v) is 16.5. The smallest absolute Gasteiger partial charge is 0.237 e. The second-order valence-electron chi connectivity index (χ2n) is 8.26. The van der Waals surface area contributed by atoms with Gasteiger partial charge in [-0.1, -0.05) is 13.8 Å². The van der Waals surface area contributed by atoms with Crippen molar-refractivity contribution in [2.24, 2.45) is 5.41 Å². The highest BCUT2D eigenvalue weighted by Crippen LogP contribution is 2.41. The van der Waals surface area contributed by atoms with Crippen molar-refractivity contribution >= 4 is 10.2 Å². The van der Waals surface area contributed by atoms with Crippen molar-refractivity contribution in [3.05, 3.63) is 47.5 Å². The Kier molecular flexibility index (Phi) is 4.60. The lowest BCUT2D eigenvalue weighted by Gasteiger charge is -2.36. The van der Waals surface area contributed by atoms with E-state index in [-0.39, 0.29) is 17.3 Å². The highest BCUT2D eigenvalue weighted by atomic mass is 32.2. The molecule has 2 aromatic rings. The average molecular weight is 393 g/mol. The fourth-order valence-electron chi connectivity index (χ4n) is 4.14. The van der Waals surface area contributed by atoms with E-state index in [9.17, 15) is 12.8 Å². The molecule has 1 aromatic heterocycles. The number of rotatable bonds is 4. The van der Waals surface area contributed by atoms with Crippen LogP contribution in [0.15, 0.2) is 30.5 Å². The van der Waals surface area contributed by atoms with Crippen LogP contribution in [0.3, 0.4) is 0 Å². The largest absolute Gasteiger partial charge is 0.280 e. The zero-order valence-electron chi connectivity index (χ0n) is 15.7. The van der Waals surface area contributed by atoms with E-state index in [2.05, 4.69) is 23.7 Å². The molecule has 6 nitrogen and oxygen atoms in total. The van der Waals surface area contributed by atoms with E-state index in [4.69, 9.17) is 0 Å². The van der Waals surface area contributed by atoms with Crippen LogP contribution in [-0.2, 0) is 16.6 Å². The molecule has 1 fully saturated rings. The molecule has 2 aliphatic rings. The molecule has 0 amide bonds. The van der Waals surface area contributed by atoms with Gasteiger partial charge in [-0.05, 0) is 55.4 Å². The fourth-order valence-corrected chi connectivity index (χ4v) is 5.59. The molecule has 1 aliphatic heterocycles. The first kappa shape index (κ1) is 18.6. The van der Waals surface area contributed by atoms with E-state index in [0.29, 0.717) is 19.5 Å². The minimum absolute atomic E-state index is 0.0803. The van der Waals surface area contributed by atoms with Gasteiger partial charge >= 0.3 is 0 Å². The van der Waals surface area contributed by atoms with Crippen LogP contribution < -0.4 is 4.72 Å². The van der Waals surface area contributed by atoms with Gasteiger partial charge in [0.05, 0.1) is 17.9 Å². The quantitative estimate of drug-likeness (QED) is 0.870. The molecule has 0 unspecified atom stereocenters. The molecule has 0 saturated carbocycles. The van der Waals surface area contributed by atoms with Gasteiger partial charge in [0.15, 0.2) is 0 Å². The number of aromatic nitrogens is 2. The van der Waals surface area contributed by atoms with Crippen LogP contribution in [-0.4, -0.2) is 35.6 Å². The van der Waals surface area contributed by atoms with Crippen LogP contribution in [0.1, 0.15) is 50.4 Å². The van der Waals surface area contributed by atoms with Crippen LogP contribution in [0.4, 0.5) is 4.39 Å². The van der Waals surface area contributed by atoms with E-state index in [1.165, 1.54) is 16.4 Å². The van der Waals surface area contributed by atoms with Crippen molar-refractivity contribution in [3.63, 3.8) is 0 Å². The van der Waals surface area contributed by atoms with Crippen molar-refractivity contribution in [2.45, 2.75) is 45.6 Å². The summed E-state index contributed by atoms with van der Waals surface area (Å²) in [5.41, 5.74) is 2.58. The topological polar surface area (TPSA) is 67.2 Å². The first-order chi connectivity index (χ1) is 12.8. The van der Waals surface area contributed by atoms with Crippen LogP contribution in [0.25, 0.3) is 5.69 Å². The lowest BCUT2D eigenvalue weighted by Crippen LogP contribution is -2.43. The molecule has 27 heavy (non-hydrogen) atoms. The van der Waals surface area contributed by atoms with E-state index < -0.39 is 10.2 Å². The maximum Gasteiger partial charge on any atom is 0.280 e. The summed E-state index contributed by atoms with van der Waals surface area (Å²) in [6.07, 6.45) is 5.05. The van der Waals surface area contributed by atoms with Crippen molar-refractivity contribution in [1.29, 1.82) is 0 Å². The van der Waals surface area contributed by atoms with Crippen molar-refractivity contribution in [2.75, 3.05) is 13.1 Å². The fraction of sp³-hybridized carbons (Fsp3) is 0.526. The molecule has 8 heteroatoms. The maximum atomic E-state index is 13.3. The molecule has 1 atom stereocenters. The van der Waals surface area contributed by atoms with Crippen molar-refractivity contribution < 1.29 is 12.8 Å². The summed E-state index contributed by atoms with van der Waals surface area (Å²) < 4.78 is 45.1. The average Bonchev–Trinajstić information content (AvgIpc) is 3.24. The summed E-state index contributed by atoms with van der Waals surface area (Å²) in [6, 6.07) is 5.88. The van der Waals surface area contributed by atoms with Crippen LogP contribution in [0.5, 0.6) is 0 Å². The Hall–Kier alpha value is -1.77. The molecule has 146 valence electrons. The standard InChI is InChI=1S/C19H25FN4O2S/c1-19(2)11-17(22-27(25,26)23-9-3-4-10-23)16-13-21-24(18(16)12-19)15-7-5-14(20)6-8-15/h5-8,13,17,22H,3-4,9-12H2,1-2H3/t17-/m0/s1. The number of fused-ring (bicyclic) bond motifs is 1. The Balaban J connectivity index is 1.69. The predicted octanol–water partition coefficient (Wildman–Crippen LogP) is 2.96. The van der Waals surface area contributed by atoms with Crippen molar-refractivity contribution in [1.82, 2.24) is 18.8 Å².